The number of carbonyl (C=O) groups is 1. The molecule has 210 valence electrons. The van der Waals surface area contributed by atoms with E-state index in [4.69, 9.17) is 14.2 Å². The van der Waals surface area contributed by atoms with Gasteiger partial charge < -0.3 is 14.2 Å². The van der Waals surface area contributed by atoms with Crippen LogP contribution in [0.2, 0.25) is 0 Å². The van der Waals surface area contributed by atoms with Crippen molar-refractivity contribution in [2.75, 3.05) is 7.11 Å². The fourth-order valence-corrected chi connectivity index (χ4v) is 6.05. The summed E-state index contributed by atoms with van der Waals surface area (Å²) in [7, 11) is 1.56. The predicted molar refractivity (Wildman–Crippen MR) is 163 cm³/mol. The lowest BCUT2D eigenvalue weighted by Crippen LogP contribution is -2.40. The molecule has 3 aromatic carbocycles. The number of halogens is 1. The number of nitrogens with zero attached hydrogens (tertiary/aromatic N) is 2. The number of allylic oxidation sites excluding steroid dienone is 1. The van der Waals surface area contributed by atoms with Gasteiger partial charge in [0.15, 0.2) is 4.80 Å². The molecule has 0 amide bonds. The summed E-state index contributed by atoms with van der Waals surface area (Å²) < 4.78 is 20.0. The van der Waals surface area contributed by atoms with Gasteiger partial charge in [0.25, 0.3) is 5.56 Å². The minimum atomic E-state index is -0.777. The van der Waals surface area contributed by atoms with Crippen molar-refractivity contribution < 1.29 is 19.0 Å². The minimum Gasteiger partial charge on any atom is -0.496 e. The summed E-state index contributed by atoms with van der Waals surface area (Å²) in [6.07, 6.45) is 1.49. The van der Waals surface area contributed by atoms with Crippen molar-refractivity contribution in [1.82, 2.24) is 4.57 Å². The first-order valence-corrected chi connectivity index (χ1v) is 14.7. The standard InChI is InChI=1S/C32H29BrN2O5S/c1-19(2)40-31(37)28-20(3)34-32-35(29(28)25-17-23(33)12-15-26(25)38-4)30(36)27(41-32)16-21-10-13-24(14-11-21)39-18-22-8-6-5-7-9-22/h5-17,19,29H,18H2,1-4H3/b27-16-/t29-/m0/s1. The van der Waals surface area contributed by atoms with Gasteiger partial charge in [0.05, 0.1) is 29.0 Å². The van der Waals surface area contributed by atoms with Gasteiger partial charge in [0, 0.05) is 10.0 Å². The van der Waals surface area contributed by atoms with Crippen molar-refractivity contribution in [3.8, 4) is 11.5 Å². The number of fused-ring (bicyclic) bond motifs is 1. The van der Waals surface area contributed by atoms with E-state index in [2.05, 4.69) is 20.9 Å². The SMILES string of the molecule is COc1ccc(Br)cc1[C@H]1C(C(=O)OC(C)C)=C(C)N=c2s/c(=C\c3ccc(OCc4ccccc4)cc3)c(=O)n21. The van der Waals surface area contributed by atoms with Gasteiger partial charge in [-0.1, -0.05) is 69.7 Å². The van der Waals surface area contributed by atoms with Gasteiger partial charge >= 0.3 is 5.97 Å². The van der Waals surface area contributed by atoms with Gasteiger partial charge in [0.1, 0.15) is 24.1 Å². The lowest BCUT2D eigenvalue weighted by Gasteiger charge is -2.26. The molecule has 0 bridgehead atoms. The van der Waals surface area contributed by atoms with Gasteiger partial charge in [-0.2, -0.15) is 0 Å². The van der Waals surface area contributed by atoms with E-state index in [9.17, 15) is 9.59 Å². The van der Waals surface area contributed by atoms with Crippen LogP contribution in [-0.2, 0) is 16.1 Å². The molecule has 1 aliphatic rings. The first-order chi connectivity index (χ1) is 19.7. The quantitative estimate of drug-likeness (QED) is 0.238. The number of carbonyl (C=O) groups excluding carboxylic acids is 1. The number of aromatic nitrogens is 1. The second kappa shape index (κ2) is 12.3. The first kappa shape index (κ1) is 28.6. The maximum Gasteiger partial charge on any atom is 0.338 e. The number of hydrogen-bond acceptors (Lipinski definition) is 7. The van der Waals surface area contributed by atoms with Crippen LogP contribution in [0.1, 0.15) is 43.5 Å². The molecule has 0 fully saturated rings. The van der Waals surface area contributed by atoms with E-state index in [1.165, 1.54) is 11.3 Å². The number of hydrogen-bond donors (Lipinski definition) is 0. The number of ether oxygens (including phenoxy) is 3. The molecule has 4 aromatic rings. The van der Waals surface area contributed by atoms with Crippen molar-refractivity contribution in [3.63, 3.8) is 0 Å². The van der Waals surface area contributed by atoms with Crippen molar-refractivity contribution in [1.29, 1.82) is 0 Å². The monoisotopic (exact) mass is 632 g/mol. The molecule has 1 aliphatic heterocycles. The zero-order valence-corrected chi connectivity index (χ0v) is 25.5. The van der Waals surface area contributed by atoms with Crippen LogP contribution in [0, 0.1) is 0 Å². The summed E-state index contributed by atoms with van der Waals surface area (Å²) in [5, 5.41) is 0. The summed E-state index contributed by atoms with van der Waals surface area (Å²) in [4.78, 5) is 32.5. The zero-order valence-electron chi connectivity index (χ0n) is 23.1. The van der Waals surface area contributed by atoms with Gasteiger partial charge in [-0.3, -0.25) is 9.36 Å². The Morgan fingerprint density at radius 3 is 2.51 bits per heavy atom. The number of benzene rings is 3. The number of rotatable bonds is 8. The molecule has 41 heavy (non-hydrogen) atoms. The summed E-state index contributed by atoms with van der Waals surface area (Å²) in [6.45, 7) is 5.81. The molecule has 7 nitrogen and oxygen atoms in total. The van der Waals surface area contributed by atoms with Crippen LogP contribution in [0.5, 0.6) is 11.5 Å². The molecule has 1 atom stereocenters. The number of methoxy groups -OCH3 is 1. The summed E-state index contributed by atoms with van der Waals surface area (Å²) in [6, 6.07) is 22.3. The molecule has 0 N–H and O–H groups in total. The number of thiazole rings is 1. The molecule has 1 aromatic heterocycles. The Bertz CT molecular complexity index is 1790. The Morgan fingerprint density at radius 1 is 1.10 bits per heavy atom. The molecule has 2 heterocycles. The van der Waals surface area contributed by atoms with Crippen LogP contribution in [0.3, 0.4) is 0 Å². The van der Waals surface area contributed by atoms with Crippen LogP contribution < -0.4 is 24.4 Å². The van der Waals surface area contributed by atoms with E-state index in [0.717, 1.165) is 21.3 Å². The molecule has 0 unspecified atom stereocenters. The van der Waals surface area contributed by atoms with Crippen molar-refractivity contribution in [3.05, 3.63) is 125 Å². The average molecular weight is 634 g/mol. The third kappa shape index (κ3) is 6.21. The van der Waals surface area contributed by atoms with Crippen LogP contribution in [0.4, 0.5) is 0 Å². The smallest absolute Gasteiger partial charge is 0.338 e. The predicted octanol–water partition coefficient (Wildman–Crippen LogP) is 5.54. The first-order valence-electron chi connectivity index (χ1n) is 13.1. The van der Waals surface area contributed by atoms with E-state index >= 15 is 0 Å². The highest BCUT2D eigenvalue weighted by Gasteiger charge is 2.35. The molecule has 0 aliphatic carbocycles. The highest BCUT2D eigenvalue weighted by molar-refractivity contribution is 9.10. The van der Waals surface area contributed by atoms with Crippen LogP contribution >= 0.6 is 27.3 Å². The van der Waals surface area contributed by atoms with Gasteiger partial charge in [-0.05, 0) is 68.3 Å². The van der Waals surface area contributed by atoms with E-state index in [0.29, 0.717) is 38.5 Å². The molecular weight excluding hydrogens is 604 g/mol. The van der Waals surface area contributed by atoms with Crippen LogP contribution in [0.25, 0.3) is 6.08 Å². The van der Waals surface area contributed by atoms with Crippen LogP contribution in [0.15, 0.2) is 98.3 Å². The highest BCUT2D eigenvalue weighted by atomic mass is 79.9. The third-order valence-electron chi connectivity index (χ3n) is 6.50. The second-order valence-electron chi connectivity index (χ2n) is 9.77. The van der Waals surface area contributed by atoms with E-state index in [1.54, 1.807) is 38.5 Å². The maximum atomic E-state index is 13.9. The fraction of sp³-hybridized carbons (Fsp3) is 0.219. The van der Waals surface area contributed by atoms with E-state index < -0.39 is 12.0 Å². The Morgan fingerprint density at radius 2 is 1.83 bits per heavy atom. The molecular formula is C32H29BrN2O5S. The second-order valence-corrected chi connectivity index (χ2v) is 11.7. The van der Waals surface area contributed by atoms with Gasteiger partial charge in [0.2, 0.25) is 0 Å². The minimum absolute atomic E-state index is 0.257. The third-order valence-corrected chi connectivity index (χ3v) is 7.97. The Hall–Kier alpha value is -3.95. The Kier molecular flexibility index (Phi) is 8.56. The van der Waals surface area contributed by atoms with Crippen molar-refractivity contribution >= 4 is 39.3 Å². The molecule has 5 rings (SSSR count). The lowest BCUT2D eigenvalue weighted by atomic mass is 9.95. The molecule has 9 heteroatoms. The summed E-state index contributed by atoms with van der Waals surface area (Å²) >= 11 is 4.80. The average Bonchev–Trinajstić information content (AvgIpc) is 3.25. The molecule has 0 saturated heterocycles. The lowest BCUT2D eigenvalue weighted by molar-refractivity contribution is -0.143. The highest BCUT2D eigenvalue weighted by Crippen LogP contribution is 2.37. The summed E-state index contributed by atoms with van der Waals surface area (Å²) in [5.74, 6) is 0.759. The van der Waals surface area contributed by atoms with Gasteiger partial charge in [-0.25, -0.2) is 9.79 Å². The fourth-order valence-electron chi connectivity index (χ4n) is 4.63. The largest absolute Gasteiger partial charge is 0.496 e. The Labute approximate surface area is 250 Å². The van der Waals surface area contributed by atoms with Crippen LogP contribution in [-0.4, -0.2) is 23.8 Å². The van der Waals surface area contributed by atoms with E-state index in [-0.39, 0.29) is 11.7 Å². The van der Waals surface area contributed by atoms with Crippen molar-refractivity contribution in [2.45, 2.75) is 39.5 Å². The molecule has 0 saturated carbocycles. The summed E-state index contributed by atoms with van der Waals surface area (Å²) in [5.41, 5.74) is 3.12. The Balaban J connectivity index is 1.56. The molecule has 0 spiro atoms. The van der Waals surface area contributed by atoms with Crippen molar-refractivity contribution in [2.24, 2.45) is 4.99 Å². The topological polar surface area (TPSA) is 79.1 Å². The van der Waals surface area contributed by atoms with E-state index in [1.807, 2.05) is 72.8 Å². The maximum absolute atomic E-state index is 13.9. The molecule has 0 radical (unpaired) electrons. The number of esters is 1. The normalized spacial score (nSPS) is 15.0. The zero-order chi connectivity index (χ0) is 29.1. The van der Waals surface area contributed by atoms with Gasteiger partial charge in [-0.15, -0.1) is 0 Å².